The number of aliphatic imine (C=N–C) groups is 1. The molecular formula is C18H34N6O. The molecule has 142 valence electrons. The molecule has 0 radical (unpaired) electrons. The van der Waals surface area contributed by atoms with Crippen LogP contribution in [0.2, 0.25) is 0 Å². The first-order chi connectivity index (χ1) is 12.0. The highest BCUT2D eigenvalue weighted by molar-refractivity contribution is 5.80. The maximum atomic E-state index is 5.59. The van der Waals surface area contributed by atoms with Gasteiger partial charge in [-0.05, 0) is 34.4 Å². The van der Waals surface area contributed by atoms with Crippen LogP contribution in [0.5, 0.6) is 0 Å². The smallest absolute Gasteiger partial charge is 0.193 e. The number of aryl methyl sites for hydroxylation is 1. The fourth-order valence-electron chi connectivity index (χ4n) is 3.22. The molecule has 0 amide bonds. The summed E-state index contributed by atoms with van der Waals surface area (Å²) in [6.07, 6.45) is 5.17. The number of likely N-dealkylation sites (N-methyl/N-ethyl adjacent to an activating group) is 1. The molecule has 2 atom stereocenters. The minimum Gasteiger partial charge on any atom is -0.381 e. The maximum Gasteiger partial charge on any atom is 0.193 e. The first-order valence-corrected chi connectivity index (χ1v) is 9.31. The Morgan fingerprint density at radius 3 is 2.88 bits per heavy atom. The van der Waals surface area contributed by atoms with Crippen molar-refractivity contribution in [1.82, 2.24) is 24.9 Å². The fraction of sp³-hybridized carbons (Fsp3) is 0.778. The van der Waals surface area contributed by atoms with Crippen molar-refractivity contribution in [2.24, 2.45) is 18.0 Å². The summed E-state index contributed by atoms with van der Waals surface area (Å²) in [5, 5.41) is 7.75. The van der Waals surface area contributed by atoms with Gasteiger partial charge in [-0.3, -0.25) is 9.67 Å². The van der Waals surface area contributed by atoms with E-state index in [4.69, 9.17) is 9.73 Å². The molecule has 1 aliphatic rings. The minimum atomic E-state index is 0.226. The minimum absolute atomic E-state index is 0.226. The van der Waals surface area contributed by atoms with E-state index < -0.39 is 0 Å². The number of likely N-dealkylation sites (tertiary alicyclic amines) is 1. The molecule has 1 fully saturated rings. The Kier molecular flexibility index (Phi) is 7.71. The van der Waals surface area contributed by atoms with E-state index in [1.54, 1.807) is 0 Å². The van der Waals surface area contributed by atoms with Gasteiger partial charge in [0.15, 0.2) is 5.96 Å². The summed E-state index contributed by atoms with van der Waals surface area (Å²) in [4.78, 5) is 9.49. The second-order valence-corrected chi connectivity index (χ2v) is 6.88. The lowest BCUT2D eigenvalue weighted by atomic mass is 10.1. The van der Waals surface area contributed by atoms with Gasteiger partial charge in [0.05, 0.1) is 25.4 Å². The number of ether oxygens (including phenoxy) is 1. The van der Waals surface area contributed by atoms with Crippen molar-refractivity contribution in [2.75, 3.05) is 53.5 Å². The van der Waals surface area contributed by atoms with Gasteiger partial charge in [-0.1, -0.05) is 0 Å². The molecule has 2 rings (SSSR count). The van der Waals surface area contributed by atoms with Crippen LogP contribution in [0.3, 0.4) is 0 Å². The molecule has 1 aliphatic heterocycles. The zero-order valence-corrected chi connectivity index (χ0v) is 16.4. The van der Waals surface area contributed by atoms with Crippen LogP contribution < -0.4 is 5.32 Å². The van der Waals surface area contributed by atoms with Gasteiger partial charge < -0.3 is 19.9 Å². The summed E-state index contributed by atoms with van der Waals surface area (Å²) in [7, 11) is 6.13. The van der Waals surface area contributed by atoms with Gasteiger partial charge in [-0.25, -0.2) is 0 Å². The predicted molar refractivity (Wildman–Crippen MR) is 102 cm³/mol. The molecule has 0 aromatic carbocycles. The quantitative estimate of drug-likeness (QED) is 0.566. The Labute approximate surface area is 152 Å². The first-order valence-electron chi connectivity index (χ1n) is 9.31. The van der Waals surface area contributed by atoms with E-state index >= 15 is 0 Å². The summed E-state index contributed by atoms with van der Waals surface area (Å²) in [6.45, 7) is 9.47. The Bertz CT molecular complexity index is 541. The normalized spacial score (nSPS) is 19.7. The lowest BCUT2D eigenvalue weighted by Crippen LogP contribution is -2.41. The zero-order chi connectivity index (χ0) is 18.2. The maximum absolute atomic E-state index is 5.59. The summed E-state index contributed by atoms with van der Waals surface area (Å²) in [5.41, 5.74) is 1.20. The van der Waals surface area contributed by atoms with E-state index in [0.29, 0.717) is 12.5 Å². The highest BCUT2D eigenvalue weighted by Crippen LogP contribution is 2.19. The van der Waals surface area contributed by atoms with Gasteiger partial charge >= 0.3 is 0 Å². The number of guanidine groups is 1. The standard InChI is InChI=1S/C18H34N6O/c1-6-19-18(24-9-8-15(12-24)14-25-7-2)20-11-17(22(3)4)16-10-21-23(5)13-16/h10,13,15,17H,6-9,11-12,14H2,1-5H3,(H,19,20). The van der Waals surface area contributed by atoms with Crippen LogP contribution in [-0.4, -0.2) is 79.0 Å². The van der Waals surface area contributed by atoms with Crippen molar-refractivity contribution in [2.45, 2.75) is 26.3 Å². The van der Waals surface area contributed by atoms with Crippen LogP contribution in [0.15, 0.2) is 17.4 Å². The lowest BCUT2D eigenvalue weighted by molar-refractivity contribution is 0.114. The molecule has 0 bridgehead atoms. The number of nitrogens with one attached hydrogen (secondary N) is 1. The van der Waals surface area contributed by atoms with E-state index in [9.17, 15) is 0 Å². The van der Waals surface area contributed by atoms with E-state index in [1.165, 1.54) is 12.0 Å². The number of rotatable bonds is 8. The summed E-state index contributed by atoms with van der Waals surface area (Å²) in [6, 6.07) is 0.226. The molecule has 0 aliphatic carbocycles. The third kappa shape index (κ3) is 5.71. The zero-order valence-electron chi connectivity index (χ0n) is 16.4. The van der Waals surface area contributed by atoms with Gasteiger partial charge in [0.2, 0.25) is 0 Å². The average molecular weight is 351 g/mol. The Morgan fingerprint density at radius 2 is 2.28 bits per heavy atom. The topological polar surface area (TPSA) is 57.9 Å². The van der Waals surface area contributed by atoms with E-state index in [1.807, 2.05) is 17.9 Å². The highest BCUT2D eigenvalue weighted by Gasteiger charge is 2.25. The lowest BCUT2D eigenvalue weighted by Gasteiger charge is -2.25. The Balaban J connectivity index is 2.02. The van der Waals surface area contributed by atoms with Gasteiger partial charge in [0, 0.05) is 51.0 Å². The molecule has 1 aromatic rings. The molecule has 7 heteroatoms. The third-order valence-corrected chi connectivity index (χ3v) is 4.62. The van der Waals surface area contributed by atoms with E-state index in [2.05, 4.69) is 54.4 Å². The van der Waals surface area contributed by atoms with Crippen molar-refractivity contribution in [3.63, 3.8) is 0 Å². The number of aromatic nitrogens is 2. The van der Waals surface area contributed by atoms with Crippen LogP contribution >= 0.6 is 0 Å². The molecule has 2 heterocycles. The van der Waals surface area contributed by atoms with Crippen LogP contribution in [0, 0.1) is 5.92 Å². The van der Waals surface area contributed by atoms with Crippen LogP contribution in [0.25, 0.3) is 0 Å². The van der Waals surface area contributed by atoms with Gasteiger partial charge in [-0.2, -0.15) is 5.10 Å². The van der Waals surface area contributed by atoms with Crippen molar-refractivity contribution >= 4 is 5.96 Å². The second-order valence-electron chi connectivity index (χ2n) is 6.88. The molecule has 1 N–H and O–H groups in total. The SMILES string of the molecule is CCNC(=NCC(c1cnn(C)c1)N(C)C)N1CCC(COCC)C1. The third-order valence-electron chi connectivity index (χ3n) is 4.62. The highest BCUT2D eigenvalue weighted by atomic mass is 16.5. The Hall–Kier alpha value is -1.60. The molecular weight excluding hydrogens is 316 g/mol. The van der Waals surface area contributed by atoms with E-state index in [0.717, 1.165) is 38.8 Å². The Morgan fingerprint density at radius 1 is 1.48 bits per heavy atom. The molecule has 7 nitrogen and oxygen atoms in total. The summed E-state index contributed by atoms with van der Waals surface area (Å²) >= 11 is 0. The molecule has 2 unspecified atom stereocenters. The van der Waals surface area contributed by atoms with Crippen LogP contribution in [0.1, 0.15) is 31.9 Å². The first kappa shape index (κ1) is 19.7. The van der Waals surface area contributed by atoms with Gasteiger partial charge in [0.1, 0.15) is 0 Å². The van der Waals surface area contributed by atoms with E-state index in [-0.39, 0.29) is 6.04 Å². The van der Waals surface area contributed by atoms with Crippen LogP contribution in [0.4, 0.5) is 0 Å². The molecule has 25 heavy (non-hydrogen) atoms. The summed E-state index contributed by atoms with van der Waals surface area (Å²) < 4.78 is 7.44. The average Bonchev–Trinajstić information content (AvgIpc) is 3.21. The van der Waals surface area contributed by atoms with Gasteiger partial charge in [0.25, 0.3) is 0 Å². The van der Waals surface area contributed by atoms with Crippen molar-refractivity contribution in [1.29, 1.82) is 0 Å². The molecule has 1 saturated heterocycles. The van der Waals surface area contributed by atoms with Gasteiger partial charge in [-0.15, -0.1) is 0 Å². The monoisotopic (exact) mass is 350 g/mol. The molecule has 0 saturated carbocycles. The van der Waals surface area contributed by atoms with Crippen molar-refractivity contribution in [3.8, 4) is 0 Å². The van der Waals surface area contributed by atoms with Crippen molar-refractivity contribution < 1.29 is 4.74 Å². The van der Waals surface area contributed by atoms with Crippen LogP contribution in [-0.2, 0) is 11.8 Å². The second kappa shape index (κ2) is 9.77. The number of hydrogen-bond acceptors (Lipinski definition) is 4. The predicted octanol–water partition coefficient (Wildman–Crippen LogP) is 1.35. The molecule has 0 spiro atoms. The fourth-order valence-corrected chi connectivity index (χ4v) is 3.22. The summed E-state index contributed by atoms with van der Waals surface area (Å²) in [5.74, 6) is 1.61. The molecule has 1 aromatic heterocycles. The van der Waals surface area contributed by atoms with Crippen molar-refractivity contribution in [3.05, 3.63) is 18.0 Å². The number of nitrogens with zero attached hydrogens (tertiary/aromatic N) is 5. The largest absolute Gasteiger partial charge is 0.381 e. The number of hydrogen-bond donors (Lipinski definition) is 1.